The third-order valence-electron chi connectivity index (χ3n) is 3.96. The molecule has 23 heavy (non-hydrogen) atoms. The minimum absolute atomic E-state index is 0.268. The summed E-state index contributed by atoms with van der Waals surface area (Å²) in [6.07, 6.45) is 4.42. The average Bonchev–Trinajstić information content (AvgIpc) is 2.98. The van der Waals surface area contributed by atoms with Crippen LogP contribution in [0, 0.1) is 23.0 Å². The normalized spacial score (nSPS) is 15.5. The highest BCUT2D eigenvalue weighted by molar-refractivity contribution is 7.89. The number of sulfonamides is 1. The van der Waals surface area contributed by atoms with E-state index in [9.17, 15) is 23.3 Å². The van der Waals surface area contributed by atoms with Gasteiger partial charge in [0.1, 0.15) is 0 Å². The molecule has 0 atom stereocenters. The molecule has 0 spiro atoms. The van der Waals surface area contributed by atoms with Gasteiger partial charge in [0.05, 0.1) is 9.82 Å². The van der Waals surface area contributed by atoms with Crippen LogP contribution in [0.2, 0.25) is 0 Å². The quantitative estimate of drug-likeness (QED) is 0.604. The number of benzene rings is 1. The van der Waals surface area contributed by atoms with Gasteiger partial charge in [-0.1, -0.05) is 18.9 Å². The number of carbonyl (C=O) groups is 1. The van der Waals surface area contributed by atoms with Gasteiger partial charge in [0.2, 0.25) is 5.91 Å². The van der Waals surface area contributed by atoms with Gasteiger partial charge in [-0.3, -0.25) is 20.3 Å². The zero-order valence-electron chi connectivity index (χ0n) is 12.7. The molecule has 0 aromatic heterocycles. The van der Waals surface area contributed by atoms with Gasteiger partial charge >= 0.3 is 0 Å². The number of aryl methyl sites for hydroxylation is 1. The average molecular weight is 341 g/mol. The molecule has 126 valence electrons. The van der Waals surface area contributed by atoms with Crippen molar-refractivity contribution in [2.45, 2.75) is 43.9 Å². The summed E-state index contributed by atoms with van der Waals surface area (Å²) < 4.78 is 24.2. The fourth-order valence-electron chi connectivity index (χ4n) is 2.66. The van der Waals surface area contributed by atoms with Crippen LogP contribution in [0.3, 0.4) is 0 Å². The molecule has 1 aromatic rings. The highest BCUT2D eigenvalue weighted by Gasteiger charge is 2.22. The fraction of sp³-hybridized carbons (Fsp3) is 0.500. The van der Waals surface area contributed by atoms with E-state index in [4.69, 9.17) is 0 Å². The third-order valence-corrected chi connectivity index (χ3v) is 5.21. The van der Waals surface area contributed by atoms with Crippen molar-refractivity contribution in [1.29, 1.82) is 0 Å². The maximum atomic E-state index is 12.1. The van der Waals surface area contributed by atoms with Crippen LogP contribution in [-0.2, 0) is 14.8 Å². The fourth-order valence-corrected chi connectivity index (χ4v) is 3.54. The molecular weight excluding hydrogens is 322 g/mol. The molecule has 0 heterocycles. The minimum Gasteiger partial charge on any atom is -0.278 e. The molecule has 0 unspecified atom stereocenters. The lowest BCUT2D eigenvalue weighted by atomic mass is 10.0. The Bertz CT molecular complexity index is 711. The molecule has 1 aliphatic carbocycles. The molecule has 1 aromatic carbocycles. The highest BCUT2D eigenvalue weighted by Crippen LogP contribution is 2.27. The van der Waals surface area contributed by atoms with Crippen LogP contribution in [-0.4, -0.2) is 19.2 Å². The Kier molecular flexibility index (Phi) is 5.32. The topological polar surface area (TPSA) is 118 Å². The Labute approximate surface area is 134 Å². The van der Waals surface area contributed by atoms with Crippen LogP contribution in [0.5, 0.6) is 0 Å². The summed E-state index contributed by atoms with van der Waals surface area (Å²) in [5, 5.41) is 10.9. The predicted octanol–water partition coefficient (Wildman–Crippen LogP) is 1.79. The largest absolute Gasteiger partial charge is 0.278 e. The van der Waals surface area contributed by atoms with E-state index in [1.54, 1.807) is 0 Å². The molecule has 8 nitrogen and oxygen atoms in total. The van der Waals surface area contributed by atoms with Crippen molar-refractivity contribution in [3.05, 3.63) is 33.9 Å². The summed E-state index contributed by atoms with van der Waals surface area (Å²) in [6.45, 7) is 1.52. The molecule has 0 bridgehead atoms. The van der Waals surface area contributed by atoms with Crippen LogP contribution >= 0.6 is 0 Å². The first-order chi connectivity index (χ1) is 10.8. The number of amides is 1. The number of hydrogen-bond acceptors (Lipinski definition) is 5. The van der Waals surface area contributed by atoms with Crippen LogP contribution in [0.15, 0.2) is 23.1 Å². The number of nitrogens with zero attached hydrogens (tertiary/aromatic N) is 1. The molecule has 2 N–H and O–H groups in total. The Morgan fingerprint density at radius 2 is 2.00 bits per heavy atom. The van der Waals surface area contributed by atoms with Crippen LogP contribution in [0.25, 0.3) is 0 Å². The first kappa shape index (κ1) is 17.4. The van der Waals surface area contributed by atoms with Crippen LogP contribution < -0.4 is 10.3 Å². The van der Waals surface area contributed by atoms with Gasteiger partial charge in [0.15, 0.2) is 0 Å². The standard InChI is InChI=1S/C14H19N3O5S/c1-10-6-7-12(9-13(10)17(19)20)23(21,22)16-15-14(18)8-11-4-2-3-5-11/h6-7,9,11,16H,2-5,8H2,1H3,(H,15,18). The summed E-state index contributed by atoms with van der Waals surface area (Å²) in [7, 11) is -4.05. The summed E-state index contributed by atoms with van der Waals surface area (Å²) in [4.78, 5) is 23.7. The van der Waals surface area contributed by atoms with E-state index in [0.717, 1.165) is 31.7 Å². The van der Waals surface area contributed by atoms with E-state index in [1.807, 2.05) is 4.83 Å². The van der Waals surface area contributed by atoms with Crippen LogP contribution in [0.4, 0.5) is 5.69 Å². The number of nitro groups is 1. The number of hydrogen-bond donors (Lipinski definition) is 2. The summed E-state index contributed by atoms with van der Waals surface area (Å²) >= 11 is 0. The number of carbonyl (C=O) groups excluding carboxylic acids is 1. The van der Waals surface area contributed by atoms with E-state index in [2.05, 4.69) is 5.43 Å². The first-order valence-electron chi connectivity index (χ1n) is 7.35. The zero-order valence-corrected chi connectivity index (χ0v) is 13.6. The smallest absolute Gasteiger partial charge is 0.273 e. The van der Waals surface area contributed by atoms with Crippen molar-refractivity contribution in [1.82, 2.24) is 10.3 Å². The first-order valence-corrected chi connectivity index (χ1v) is 8.83. The van der Waals surface area contributed by atoms with Gasteiger partial charge in [-0.2, -0.15) is 0 Å². The van der Waals surface area contributed by atoms with E-state index in [-0.39, 0.29) is 17.0 Å². The van der Waals surface area contributed by atoms with Crippen molar-refractivity contribution in [2.24, 2.45) is 5.92 Å². The molecule has 1 amide bonds. The molecule has 1 fully saturated rings. The number of rotatable bonds is 6. The van der Waals surface area contributed by atoms with Gasteiger partial charge in [0.25, 0.3) is 15.7 Å². The summed E-state index contributed by atoms with van der Waals surface area (Å²) in [6, 6.07) is 3.58. The molecule has 9 heteroatoms. The molecule has 0 radical (unpaired) electrons. The van der Waals surface area contributed by atoms with Crippen molar-refractivity contribution < 1.29 is 18.1 Å². The third kappa shape index (κ3) is 4.49. The molecule has 1 aliphatic rings. The van der Waals surface area contributed by atoms with E-state index < -0.39 is 20.9 Å². The second-order valence-electron chi connectivity index (χ2n) is 5.71. The van der Waals surface area contributed by atoms with Gasteiger partial charge in [-0.15, -0.1) is 4.83 Å². The molecular formula is C14H19N3O5S. The Morgan fingerprint density at radius 1 is 1.35 bits per heavy atom. The monoisotopic (exact) mass is 341 g/mol. The van der Waals surface area contributed by atoms with Gasteiger partial charge in [-0.05, 0) is 31.7 Å². The molecule has 2 rings (SSSR count). The maximum Gasteiger partial charge on any atom is 0.273 e. The van der Waals surface area contributed by atoms with Crippen molar-refractivity contribution in [2.75, 3.05) is 0 Å². The SMILES string of the molecule is Cc1ccc(S(=O)(=O)NNC(=O)CC2CCCC2)cc1[N+](=O)[O-]. The van der Waals surface area contributed by atoms with E-state index in [0.29, 0.717) is 11.5 Å². The highest BCUT2D eigenvalue weighted by atomic mass is 32.2. The van der Waals surface area contributed by atoms with Crippen LogP contribution in [0.1, 0.15) is 37.7 Å². The molecule has 1 saturated carbocycles. The summed E-state index contributed by atoms with van der Waals surface area (Å²) in [5.41, 5.74) is 2.24. The number of nitro benzene ring substituents is 1. The van der Waals surface area contributed by atoms with Crippen molar-refractivity contribution in [3.8, 4) is 0 Å². The number of hydrazine groups is 1. The van der Waals surface area contributed by atoms with Gasteiger partial charge < -0.3 is 0 Å². The lowest BCUT2D eigenvalue weighted by Gasteiger charge is -2.11. The maximum absolute atomic E-state index is 12.1. The molecule has 0 saturated heterocycles. The number of nitrogens with one attached hydrogen (secondary N) is 2. The van der Waals surface area contributed by atoms with Gasteiger partial charge in [0, 0.05) is 18.1 Å². The minimum atomic E-state index is -4.05. The second kappa shape index (κ2) is 7.05. The Balaban J connectivity index is 2.02. The van der Waals surface area contributed by atoms with E-state index in [1.165, 1.54) is 19.1 Å². The Hall–Kier alpha value is -2.00. The zero-order chi connectivity index (χ0) is 17.0. The van der Waals surface area contributed by atoms with E-state index >= 15 is 0 Å². The van der Waals surface area contributed by atoms with Crippen molar-refractivity contribution in [3.63, 3.8) is 0 Å². The predicted molar refractivity (Wildman–Crippen MR) is 82.9 cm³/mol. The molecule has 0 aliphatic heterocycles. The lowest BCUT2D eigenvalue weighted by Crippen LogP contribution is -2.42. The summed E-state index contributed by atoms with van der Waals surface area (Å²) in [5.74, 6) is -0.109. The Morgan fingerprint density at radius 3 is 2.61 bits per heavy atom. The van der Waals surface area contributed by atoms with Crippen molar-refractivity contribution >= 4 is 21.6 Å². The van der Waals surface area contributed by atoms with Gasteiger partial charge in [-0.25, -0.2) is 8.42 Å². The second-order valence-corrected chi connectivity index (χ2v) is 7.40. The lowest BCUT2D eigenvalue weighted by molar-refractivity contribution is -0.385.